The number of aryl methyl sites for hydroxylation is 1. The number of para-hydroxylation sites is 1. The van der Waals surface area contributed by atoms with Crippen molar-refractivity contribution in [2.24, 2.45) is 0 Å². The van der Waals surface area contributed by atoms with E-state index in [1.807, 2.05) is 38.2 Å². The van der Waals surface area contributed by atoms with Crippen molar-refractivity contribution in [3.8, 4) is 11.5 Å². The Labute approximate surface area is 103 Å². The molecule has 3 rings (SSSR count). The Morgan fingerprint density at radius 1 is 1.29 bits per heavy atom. The number of anilines is 1. The molecule has 4 nitrogen and oxygen atoms in total. The third-order valence-electron chi connectivity index (χ3n) is 2.70. The molecule has 2 aromatic heterocycles. The first-order valence-electron chi connectivity index (χ1n) is 5.29. The van der Waals surface area contributed by atoms with E-state index in [9.17, 15) is 0 Å². The molecule has 5 heteroatoms. The molecule has 0 bridgehead atoms. The standard InChI is InChI=1S/C12H11N3OS/c1-7-4-3-5-8-6-9(16-11(7)8)10-12(13-2)15-17-14-10/h3-6H,1-2H3,(H,13,15). The molecule has 0 saturated carbocycles. The van der Waals surface area contributed by atoms with E-state index >= 15 is 0 Å². The number of benzene rings is 1. The SMILES string of the molecule is CNc1nsnc1-c1cc2cccc(C)c2o1. The summed E-state index contributed by atoms with van der Waals surface area (Å²) in [6.45, 7) is 2.04. The van der Waals surface area contributed by atoms with Gasteiger partial charge in [0.2, 0.25) is 0 Å². The molecule has 0 spiro atoms. The highest BCUT2D eigenvalue weighted by Crippen LogP contribution is 2.32. The number of fused-ring (bicyclic) bond motifs is 1. The monoisotopic (exact) mass is 245 g/mol. The summed E-state index contributed by atoms with van der Waals surface area (Å²) in [7, 11) is 1.83. The predicted octanol–water partition coefficient (Wildman–Crippen LogP) is 3.30. The Balaban J connectivity index is 2.22. The molecule has 2 heterocycles. The van der Waals surface area contributed by atoms with E-state index in [4.69, 9.17) is 4.42 Å². The summed E-state index contributed by atoms with van der Waals surface area (Å²) in [5.41, 5.74) is 2.81. The van der Waals surface area contributed by atoms with Gasteiger partial charge in [0.1, 0.15) is 5.58 Å². The lowest BCUT2D eigenvalue weighted by Crippen LogP contribution is -1.89. The first-order chi connectivity index (χ1) is 8.29. The van der Waals surface area contributed by atoms with E-state index in [-0.39, 0.29) is 0 Å². The average molecular weight is 245 g/mol. The number of nitrogens with zero attached hydrogens (tertiary/aromatic N) is 2. The molecular formula is C12H11N3OS. The summed E-state index contributed by atoms with van der Waals surface area (Å²) in [5, 5.41) is 4.10. The van der Waals surface area contributed by atoms with Gasteiger partial charge in [-0.2, -0.15) is 8.75 Å². The molecule has 0 aliphatic rings. The molecule has 0 aliphatic carbocycles. The molecule has 0 atom stereocenters. The van der Waals surface area contributed by atoms with Gasteiger partial charge in [0.15, 0.2) is 17.3 Å². The maximum absolute atomic E-state index is 5.85. The molecule has 3 aromatic rings. The van der Waals surface area contributed by atoms with E-state index in [1.165, 1.54) is 11.7 Å². The first-order valence-corrected chi connectivity index (χ1v) is 6.02. The van der Waals surface area contributed by atoms with Crippen LogP contribution in [0.3, 0.4) is 0 Å². The Bertz CT molecular complexity index is 671. The van der Waals surface area contributed by atoms with Crippen molar-refractivity contribution in [1.82, 2.24) is 8.75 Å². The van der Waals surface area contributed by atoms with Crippen LogP contribution in [0.25, 0.3) is 22.4 Å². The van der Waals surface area contributed by atoms with Crippen molar-refractivity contribution >= 4 is 28.5 Å². The largest absolute Gasteiger partial charge is 0.454 e. The molecule has 17 heavy (non-hydrogen) atoms. The number of furan rings is 1. The summed E-state index contributed by atoms with van der Waals surface area (Å²) < 4.78 is 14.3. The lowest BCUT2D eigenvalue weighted by Gasteiger charge is -1.95. The summed E-state index contributed by atoms with van der Waals surface area (Å²) >= 11 is 1.18. The highest BCUT2D eigenvalue weighted by Gasteiger charge is 2.14. The molecule has 1 aromatic carbocycles. The van der Waals surface area contributed by atoms with Crippen molar-refractivity contribution in [2.75, 3.05) is 12.4 Å². The molecule has 0 amide bonds. The van der Waals surface area contributed by atoms with Gasteiger partial charge in [-0.15, -0.1) is 0 Å². The summed E-state index contributed by atoms with van der Waals surface area (Å²) in [5.74, 6) is 1.51. The van der Waals surface area contributed by atoms with Crippen LogP contribution in [-0.2, 0) is 0 Å². The number of rotatable bonds is 2. The maximum Gasteiger partial charge on any atom is 0.171 e. The third kappa shape index (κ3) is 1.59. The van der Waals surface area contributed by atoms with E-state index in [0.717, 1.165) is 33.8 Å². The first kappa shape index (κ1) is 10.3. The molecule has 0 aliphatic heterocycles. The van der Waals surface area contributed by atoms with Crippen LogP contribution < -0.4 is 5.32 Å². The molecule has 0 fully saturated rings. The normalized spacial score (nSPS) is 10.9. The van der Waals surface area contributed by atoms with E-state index in [2.05, 4.69) is 14.1 Å². The minimum absolute atomic E-state index is 0.756. The minimum atomic E-state index is 0.756. The van der Waals surface area contributed by atoms with E-state index in [1.54, 1.807) is 0 Å². The smallest absolute Gasteiger partial charge is 0.171 e. The highest BCUT2D eigenvalue weighted by atomic mass is 32.1. The van der Waals surface area contributed by atoms with Crippen molar-refractivity contribution in [3.63, 3.8) is 0 Å². The third-order valence-corrected chi connectivity index (χ3v) is 3.23. The zero-order valence-electron chi connectivity index (χ0n) is 9.52. The van der Waals surface area contributed by atoms with Crippen LogP contribution in [0, 0.1) is 6.92 Å². The minimum Gasteiger partial charge on any atom is -0.454 e. The van der Waals surface area contributed by atoms with Crippen LogP contribution in [0.15, 0.2) is 28.7 Å². The van der Waals surface area contributed by atoms with Gasteiger partial charge < -0.3 is 9.73 Å². The number of aromatic nitrogens is 2. The van der Waals surface area contributed by atoms with Gasteiger partial charge >= 0.3 is 0 Å². The fraction of sp³-hybridized carbons (Fsp3) is 0.167. The zero-order chi connectivity index (χ0) is 11.8. The van der Waals surface area contributed by atoms with Gasteiger partial charge in [0.05, 0.1) is 11.7 Å². The fourth-order valence-electron chi connectivity index (χ4n) is 1.84. The average Bonchev–Trinajstić information content (AvgIpc) is 2.94. The Kier molecular flexibility index (Phi) is 2.33. The number of hydrogen-bond donors (Lipinski definition) is 1. The van der Waals surface area contributed by atoms with Gasteiger partial charge in [-0.05, 0) is 18.6 Å². The molecule has 86 valence electrons. The van der Waals surface area contributed by atoms with Crippen LogP contribution >= 0.6 is 11.7 Å². The van der Waals surface area contributed by atoms with Crippen molar-refractivity contribution in [2.45, 2.75) is 6.92 Å². The van der Waals surface area contributed by atoms with Crippen molar-refractivity contribution in [3.05, 3.63) is 29.8 Å². The van der Waals surface area contributed by atoms with Gasteiger partial charge in [0.25, 0.3) is 0 Å². The van der Waals surface area contributed by atoms with Crippen molar-refractivity contribution < 1.29 is 4.42 Å². The zero-order valence-corrected chi connectivity index (χ0v) is 10.3. The second kappa shape index (κ2) is 3.85. The van der Waals surface area contributed by atoms with Crippen molar-refractivity contribution in [1.29, 1.82) is 0 Å². The topological polar surface area (TPSA) is 51.0 Å². The molecule has 0 unspecified atom stereocenters. The Morgan fingerprint density at radius 3 is 2.94 bits per heavy atom. The molecule has 0 radical (unpaired) electrons. The lowest BCUT2D eigenvalue weighted by atomic mass is 10.2. The summed E-state index contributed by atoms with van der Waals surface area (Å²) in [6.07, 6.45) is 0. The molecule has 0 saturated heterocycles. The molecule has 1 N–H and O–H groups in total. The number of nitrogens with one attached hydrogen (secondary N) is 1. The van der Waals surface area contributed by atoms with E-state index < -0.39 is 0 Å². The van der Waals surface area contributed by atoms with Crippen LogP contribution in [0.4, 0.5) is 5.82 Å². The quantitative estimate of drug-likeness (QED) is 0.752. The molecular weight excluding hydrogens is 234 g/mol. The second-order valence-electron chi connectivity index (χ2n) is 3.82. The number of hydrogen-bond acceptors (Lipinski definition) is 5. The summed E-state index contributed by atoms with van der Waals surface area (Å²) in [6, 6.07) is 8.09. The van der Waals surface area contributed by atoms with Crippen LogP contribution in [0.2, 0.25) is 0 Å². The fourth-order valence-corrected chi connectivity index (χ4v) is 2.40. The Morgan fingerprint density at radius 2 is 2.18 bits per heavy atom. The van der Waals surface area contributed by atoms with Gasteiger partial charge in [-0.25, -0.2) is 0 Å². The van der Waals surface area contributed by atoms with Crippen LogP contribution in [0.1, 0.15) is 5.56 Å². The van der Waals surface area contributed by atoms with Crippen LogP contribution in [-0.4, -0.2) is 15.8 Å². The highest BCUT2D eigenvalue weighted by molar-refractivity contribution is 6.99. The Hall–Kier alpha value is -1.88. The predicted molar refractivity (Wildman–Crippen MR) is 69.4 cm³/mol. The van der Waals surface area contributed by atoms with Gasteiger partial charge in [-0.1, -0.05) is 18.2 Å². The van der Waals surface area contributed by atoms with E-state index in [0.29, 0.717) is 0 Å². The lowest BCUT2D eigenvalue weighted by molar-refractivity contribution is 0.627. The second-order valence-corrected chi connectivity index (χ2v) is 4.34. The van der Waals surface area contributed by atoms with Crippen LogP contribution in [0.5, 0.6) is 0 Å². The van der Waals surface area contributed by atoms with Gasteiger partial charge in [-0.3, -0.25) is 0 Å². The maximum atomic E-state index is 5.85. The van der Waals surface area contributed by atoms with Gasteiger partial charge in [0, 0.05) is 12.4 Å². The summed E-state index contributed by atoms with van der Waals surface area (Å²) in [4.78, 5) is 0.